The van der Waals surface area contributed by atoms with Gasteiger partial charge >= 0.3 is 5.97 Å². The van der Waals surface area contributed by atoms with Crippen LogP contribution in [0.2, 0.25) is 0 Å². The lowest BCUT2D eigenvalue weighted by molar-refractivity contribution is -0.136. The summed E-state index contributed by atoms with van der Waals surface area (Å²) in [5.74, 6) is 0.694. The molecule has 4 rings (SSSR count). The maximum Gasteiger partial charge on any atom is 0.303 e. The first-order chi connectivity index (χ1) is 16.8. The molecule has 0 bridgehead atoms. The molecule has 1 fully saturated rings. The molecule has 35 heavy (non-hydrogen) atoms. The summed E-state index contributed by atoms with van der Waals surface area (Å²) < 4.78 is 25.9. The molecule has 3 aromatic carbocycles. The Morgan fingerprint density at radius 2 is 1.69 bits per heavy atom. The SMILES string of the molecule is COc1ccc(CCN2CCC(C)(F)CC2)c(OC)c1-c1cccc2c(CCC(=O)O)cccc12. The number of aryl methyl sites for hydroxylation is 1. The summed E-state index contributed by atoms with van der Waals surface area (Å²) in [5, 5.41) is 11.2. The number of nitrogens with zero attached hydrogens (tertiary/aromatic N) is 1. The Labute approximate surface area is 206 Å². The number of likely N-dealkylation sites (tertiary alicyclic amines) is 1. The highest BCUT2D eigenvalue weighted by Crippen LogP contribution is 2.44. The molecule has 1 heterocycles. The third-order valence-corrected chi connectivity index (χ3v) is 7.11. The maximum absolute atomic E-state index is 14.2. The van der Waals surface area contributed by atoms with Gasteiger partial charge in [0, 0.05) is 26.1 Å². The van der Waals surface area contributed by atoms with E-state index in [0.717, 1.165) is 70.6 Å². The number of carboxylic acids is 1. The van der Waals surface area contributed by atoms with Crippen molar-refractivity contribution in [3.05, 3.63) is 59.7 Å². The highest BCUT2D eigenvalue weighted by molar-refractivity contribution is 6.01. The number of aliphatic carboxylic acids is 1. The minimum atomic E-state index is -1.06. The van der Waals surface area contributed by atoms with Crippen LogP contribution >= 0.6 is 0 Å². The summed E-state index contributed by atoms with van der Waals surface area (Å²) in [5.41, 5.74) is 2.91. The maximum atomic E-state index is 14.2. The lowest BCUT2D eigenvalue weighted by Gasteiger charge is -2.34. The number of carboxylic acid groups (broad SMARTS) is 1. The van der Waals surface area contributed by atoms with E-state index in [-0.39, 0.29) is 6.42 Å². The number of fused-ring (bicyclic) bond motifs is 1. The van der Waals surface area contributed by atoms with Gasteiger partial charge in [0.25, 0.3) is 0 Å². The van der Waals surface area contributed by atoms with Crippen LogP contribution in [0.15, 0.2) is 48.5 Å². The van der Waals surface area contributed by atoms with Gasteiger partial charge in [0.2, 0.25) is 0 Å². The largest absolute Gasteiger partial charge is 0.496 e. The standard InChI is InChI=1S/C29H34FNO4/c1-29(30)15-18-31(19-16-29)17-14-21-10-12-25(34-2)27(28(21)35-3)24-9-5-7-22-20(11-13-26(32)33)6-4-8-23(22)24/h4-10,12H,11,13-19H2,1-3H3,(H,32,33). The Bertz CT molecular complexity index is 1200. The van der Waals surface area contributed by atoms with E-state index in [4.69, 9.17) is 14.6 Å². The van der Waals surface area contributed by atoms with Gasteiger partial charge in [-0.3, -0.25) is 4.79 Å². The first-order valence-corrected chi connectivity index (χ1v) is 12.2. The van der Waals surface area contributed by atoms with E-state index in [2.05, 4.69) is 17.0 Å². The van der Waals surface area contributed by atoms with Gasteiger partial charge in [-0.05, 0) is 66.1 Å². The second-order valence-electron chi connectivity index (χ2n) is 9.55. The molecule has 0 unspecified atom stereocenters. The Balaban J connectivity index is 1.71. The van der Waals surface area contributed by atoms with Gasteiger partial charge in [-0.15, -0.1) is 0 Å². The van der Waals surface area contributed by atoms with E-state index in [0.29, 0.717) is 19.3 Å². The number of benzene rings is 3. The Kier molecular flexibility index (Phi) is 7.60. The van der Waals surface area contributed by atoms with Crippen LogP contribution in [0.1, 0.15) is 37.3 Å². The molecule has 0 amide bonds. The van der Waals surface area contributed by atoms with Crippen LogP contribution in [0.25, 0.3) is 21.9 Å². The molecule has 0 aromatic heterocycles. The highest BCUT2D eigenvalue weighted by Gasteiger charge is 2.29. The lowest BCUT2D eigenvalue weighted by Crippen LogP contribution is -2.40. The average Bonchev–Trinajstić information content (AvgIpc) is 2.85. The second-order valence-corrected chi connectivity index (χ2v) is 9.55. The van der Waals surface area contributed by atoms with Crippen molar-refractivity contribution in [2.45, 2.75) is 44.7 Å². The van der Waals surface area contributed by atoms with E-state index < -0.39 is 11.6 Å². The molecular weight excluding hydrogens is 445 g/mol. The molecule has 0 saturated carbocycles. The van der Waals surface area contributed by atoms with Gasteiger partial charge < -0.3 is 19.5 Å². The number of piperidine rings is 1. The van der Waals surface area contributed by atoms with Crippen molar-refractivity contribution in [1.82, 2.24) is 4.90 Å². The van der Waals surface area contributed by atoms with E-state index in [1.54, 1.807) is 21.1 Å². The van der Waals surface area contributed by atoms with E-state index >= 15 is 0 Å². The molecule has 0 spiro atoms. The van der Waals surface area contributed by atoms with Crippen molar-refractivity contribution in [3.63, 3.8) is 0 Å². The number of rotatable bonds is 9. The van der Waals surface area contributed by atoms with Crippen LogP contribution < -0.4 is 9.47 Å². The van der Waals surface area contributed by atoms with Crippen LogP contribution in [0.4, 0.5) is 4.39 Å². The normalized spacial score (nSPS) is 15.8. The summed E-state index contributed by atoms with van der Waals surface area (Å²) in [7, 11) is 3.34. The number of carbonyl (C=O) groups is 1. The molecule has 0 radical (unpaired) electrons. The number of hydrogen-bond donors (Lipinski definition) is 1. The van der Waals surface area contributed by atoms with Crippen LogP contribution in [0.3, 0.4) is 0 Å². The average molecular weight is 480 g/mol. The van der Waals surface area contributed by atoms with Gasteiger partial charge in [0.05, 0.1) is 19.8 Å². The zero-order valence-electron chi connectivity index (χ0n) is 20.8. The lowest BCUT2D eigenvalue weighted by atomic mass is 9.91. The molecule has 186 valence electrons. The van der Waals surface area contributed by atoms with Gasteiger partial charge in [0.15, 0.2) is 0 Å². The van der Waals surface area contributed by atoms with E-state index in [1.165, 1.54) is 0 Å². The van der Waals surface area contributed by atoms with Crippen molar-refractivity contribution in [1.29, 1.82) is 0 Å². The van der Waals surface area contributed by atoms with Crippen molar-refractivity contribution >= 4 is 16.7 Å². The molecule has 0 aliphatic carbocycles. The van der Waals surface area contributed by atoms with Crippen LogP contribution in [0, 0.1) is 0 Å². The first kappa shape index (κ1) is 25.0. The number of alkyl halides is 1. The third kappa shape index (κ3) is 5.59. The Morgan fingerprint density at radius 1 is 0.971 bits per heavy atom. The monoisotopic (exact) mass is 479 g/mol. The molecule has 1 saturated heterocycles. The quantitative estimate of drug-likeness (QED) is 0.414. The number of methoxy groups -OCH3 is 2. The molecular formula is C29H34FNO4. The van der Waals surface area contributed by atoms with E-state index in [1.807, 2.05) is 36.4 Å². The molecule has 1 aliphatic rings. The smallest absolute Gasteiger partial charge is 0.303 e. The summed E-state index contributed by atoms with van der Waals surface area (Å²) in [4.78, 5) is 13.5. The number of hydrogen-bond acceptors (Lipinski definition) is 4. The molecule has 3 aromatic rings. The van der Waals surface area contributed by atoms with Gasteiger partial charge in [-0.25, -0.2) is 4.39 Å². The minimum Gasteiger partial charge on any atom is -0.496 e. The van der Waals surface area contributed by atoms with Crippen molar-refractivity contribution in [3.8, 4) is 22.6 Å². The number of halogens is 1. The molecule has 1 aliphatic heterocycles. The summed E-state index contributed by atoms with van der Waals surface area (Å²) in [6, 6.07) is 16.1. The topological polar surface area (TPSA) is 59.0 Å². The zero-order chi connectivity index (χ0) is 25.0. The van der Waals surface area contributed by atoms with Crippen molar-refractivity contribution in [2.24, 2.45) is 0 Å². The Morgan fingerprint density at radius 3 is 2.37 bits per heavy atom. The summed E-state index contributed by atoms with van der Waals surface area (Å²) in [6.07, 6.45) is 2.48. The predicted octanol–water partition coefficient (Wildman–Crippen LogP) is 5.91. The number of ether oxygens (including phenoxy) is 2. The molecule has 6 heteroatoms. The zero-order valence-corrected chi connectivity index (χ0v) is 20.8. The first-order valence-electron chi connectivity index (χ1n) is 12.2. The fourth-order valence-electron chi connectivity index (χ4n) is 5.04. The van der Waals surface area contributed by atoms with E-state index in [9.17, 15) is 9.18 Å². The molecule has 1 N–H and O–H groups in total. The van der Waals surface area contributed by atoms with Crippen LogP contribution in [-0.4, -0.2) is 55.5 Å². The minimum absolute atomic E-state index is 0.0868. The molecule has 0 atom stereocenters. The fraction of sp³-hybridized carbons (Fsp3) is 0.414. The Hall–Kier alpha value is -3.12. The van der Waals surface area contributed by atoms with Gasteiger partial charge in [-0.1, -0.05) is 42.5 Å². The predicted molar refractivity (Wildman–Crippen MR) is 137 cm³/mol. The summed E-state index contributed by atoms with van der Waals surface area (Å²) >= 11 is 0. The molecule has 5 nitrogen and oxygen atoms in total. The van der Waals surface area contributed by atoms with Gasteiger partial charge in [-0.2, -0.15) is 0 Å². The van der Waals surface area contributed by atoms with Crippen molar-refractivity contribution < 1.29 is 23.8 Å². The van der Waals surface area contributed by atoms with Crippen molar-refractivity contribution in [2.75, 3.05) is 33.9 Å². The van der Waals surface area contributed by atoms with Crippen LogP contribution in [0.5, 0.6) is 11.5 Å². The third-order valence-electron chi connectivity index (χ3n) is 7.11. The fourth-order valence-corrected chi connectivity index (χ4v) is 5.04. The van der Waals surface area contributed by atoms with Crippen LogP contribution in [-0.2, 0) is 17.6 Å². The summed E-state index contributed by atoms with van der Waals surface area (Å²) in [6.45, 7) is 4.06. The highest BCUT2D eigenvalue weighted by atomic mass is 19.1. The second kappa shape index (κ2) is 10.6. The van der Waals surface area contributed by atoms with Gasteiger partial charge in [0.1, 0.15) is 17.2 Å².